The van der Waals surface area contributed by atoms with Crippen molar-refractivity contribution in [1.29, 1.82) is 5.26 Å². The van der Waals surface area contributed by atoms with Gasteiger partial charge in [-0.3, -0.25) is 4.79 Å². The van der Waals surface area contributed by atoms with Crippen molar-refractivity contribution in [2.24, 2.45) is 0 Å². The van der Waals surface area contributed by atoms with Gasteiger partial charge >= 0.3 is 0 Å². The highest BCUT2D eigenvalue weighted by molar-refractivity contribution is 7.99. The fourth-order valence-corrected chi connectivity index (χ4v) is 4.40. The minimum atomic E-state index is -0.146. The Morgan fingerprint density at radius 1 is 1.55 bits per heavy atom. The number of hydrogen-bond acceptors (Lipinski definition) is 7. The van der Waals surface area contributed by atoms with E-state index >= 15 is 0 Å². The van der Waals surface area contributed by atoms with Gasteiger partial charge < -0.3 is 5.32 Å². The van der Waals surface area contributed by atoms with Gasteiger partial charge in [0, 0.05) is 11.4 Å². The van der Waals surface area contributed by atoms with E-state index < -0.39 is 0 Å². The van der Waals surface area contributed by atoms with Gasteiger partial charge in [-0.25, -0.2) is 4.68 Å². The van der Waals surface area contributed by atoms with Crippen molar-refractivity contribution in [1.82, 2.24) is 20.2 Å². The molecule has 1 aliphatic rings. The number of rotatable bonds is 5. The van der Waals surface area contributed by atoms with Crippen LogP contribution in [0.2, 0.25) is 0 Å². The van der Waals surface area contributed by atoms with Crippen LogP contribution in [0.15, 0.2) is 5.16 Å². The predicted molar refractivity (Wildman–Crippen MR) is 83.9 cm³/mol. The first-order valence-corrected chi connectivity index (χ1v) is 8.76. The van der Waals surface area contributed by atoms with Crippen molar-refractivity contribution in [2.75, 3.05) is 11.1 Å². The molecular formula is C13H14N6OS2. The Labute approximate surface area is 135 Å². The highest BCUT2D eigenvalue weighted by atomic mass is 32.2. The van der Waals surface area contributed by atoms with E-state index in [1.54, 1.807) is 4.68 Å². The molecule has 0 bridgehead atoms. The van der Waals surface area contributed by atoms with Gasteiger partial charge in [-0.15, -0.1) is 16.4 Å². The van der Waals surface area contributed by atoms with Crippen LogP contribution in [0.1, 0.15) is 29.3 Å². The number of fused-ring (bicyclic) bond motifs is 1. The molecule has 1 amide bonds. The number of aryl methyl sites for hydroxylation is 2. The van der Waals surface area contributed by atoms with Crippen LogP contribution < -0.4 is 5.32 Å². The maximum Gasteiger partial charge on any atom is 0.235 e. The molecule has 0 atom stereocenters. The normalized spacial score (nSPS) is 12.9. The Hall–Kier alpha value is -1.92. The number of nitriles is 1. The van der Waals surface area contributed by atoms with Crippen molar-refractivity contribution >= 4 is 34.0 Å². The van der Waals surface area contributed by atoms with Gasteiger partial charge in [-0.05, 0) is 42.2 Å². The lowest BCUT2D eigenvalue weighted by Crippen LogP contribution is -2.14. The molecule has 1 aliphatic carbocycles. The van der Waals surface area contributed by atoms with Crippen LogP contribution in [-0.2, 0) is 24.2 Å². The largest absolute Gasteiger partial charge is 0.316 e. The minimum absolute atomic E-state index is 0.146. The monoisotopic (exact) mass is 334 g/mol. The second-order valence-electron chi connectivity index (χ2n) is 4.79. The fourth-order valence-electron chi connectivity index (χ4n) is 2.40. The van der Waals surface area contributed by atoms with E-state index in [0.29, 0.717) is 22.3 Å². The molecule has 114 valence electrons. The molecule has 7 nitrogen and oxygen atoms in total. The Kier molecular flexibility index (Phi) is 4.40. The average Bonchev–Trinajstić information content (AvgIpc) is 3.19. The summed E-state index contributed by atoms with van der Waals surface area (Å²) in [6.45, 7) is 2.60. The van der Waals surface area contributed by atoms with Crippen LogP contribution in [0, 0.1) is 11.3 Å². The van der Waals surface area contributed by atoms with Gasteiger partial charge in [-0.1, -0.05) is 11.8 Å². The Morgan fingerprint density at radius 3 is 3.18 bits per heavy atom. The maximum atomic E-state index is 12.1. The van der Waals surface area contributed by atoms with Crippen LogP contribution in [-0.4, -0.2) is 31.9 Å². The summed E-state index contributed by atoms with van der Waals surface area (Å²) in [6, 6.07) is 2.22. The predicted octanol–water partition coefficient (Wildman–Crippen LogP) is 1.85. The highest BCUT2D eigenvalue weighted by Gasteiger charge is 2.23. The topological polar surface area (TPSA) is 96.5 Å². The zero-order valence-corrected chi connectivity index (χ0v) is 13.6. The summed E-state index contributed by atoms with van der Waals surface area (Å²) in [5, 5.41) is 24.7. The lowest BCUT2D eigenvalue weighted by Gasteiger charge is -2.04. The van der Waals surface area contributed by atoms with Gasteiger partial charge in [0.05, 0.1) is 11.3 Å². The minimum Gasteiger partial charge on any atom is -0.316 e. The van der Waals surface area contributed by atoms with Crippen LogP contribution in [0.4, 0.5) is 5.00 Å². The van der Waals surface area contributed by atoms with Crippen molar-refractivity contribution in [3.8, 4) is 6.07 Å². The molecule has 9 heteroatoms. The summed E-state index contributed by atoms with van der Waals surface area (Å²) < 4.78 is 1.64. The number of aromatic nitrogens is 4. The molecule has 3 rings (SSSR count). The first kappa shape index (κ1) is 15.0. The lowest BCUT2D eigenvalue weighted by atomic mass is 10.1. The Morgan fingerprint density at radius 2 is 2.41 bits per heavy atom. The Bertz CT molecular complexity index is 744. The number of nitrogens with zero attached hydrogens (tertiary/aromatic N) is 5. The first-order chi connectivity index (χ1) is 10.7. The molecule has 0 aliphatic heterocycles. The van der Waals surface area contributed by atoms with Gasteiger partial charge in [0.2, 0.25) is 11.1 Å². The van der Waals surface area contributed by atoms with E-state index in [4.69, 9.17) is 0 Å². The number of carbonyl (C=O) groups is 1. The zero-order valence-electron chi connectivity index (χ0n) is 12.0. The summed E-state index contributed by atoms with van der Waals surface area (Å²) in [6.07, 6.45) is 3.04. The molecule has 0 aromatic carbocycles. The summed E-state index contributed by atoms with van der Waals surface area (Å²) >= 11 is 2.81. The van der Waals surface area contributed by atoms with Gasteiger partial charge in [0.1, 0.15) is 11.1 Å². The van der Waals surface area contributed by atoms with Gasteiger partial charge in [-0.2, -0.15) is 5.26 Å². The molecule has 0 saturated carbocycles. The zero-order chi connectivity index (χ0) is 15.5. The summed E-state index contributed by atoms with van der Waals surface area (Å²) in [5.74, 6) is 0.0699. The summed E-state index contributed by atoms with van der Waals surface area (Å²) in [4.78, 5) is 13.3. The number of nitrogens with one attached hydrogen (secondary N) is 1. The number of thiophene rings is 1. The maximum absolute atomic E-state index is 12.1. The fraction of sp³-hybridized carbons (Fsp3) is 0.462. The molecular weight excluding hydrogens is 320 g/mol. The molecule has 2 heterocycles. The number of thioether (sulfide) groups is 1. The number of hydrogen-bond donors (Lipinski definition) is 1. The lowest BCUT2D eigenvalue weighted by molar-refractivity contribution is -0.113. The number of anilines is 1. The van der Waals surface area contributed by atoms with Crippen LogP contribution >= 0.6 is 23.1 Å². The Balaban J connectivity index is 1.64. The second-order valence-corrected chi connectivity index (χ2v) is 6.84. The number of carbonyl (C=O) groups excluding carboxylic acids is 1. The highest BCUT2D eigenvalue weighted by Crippen LogP contribution is 2.38. The average molecular weight is 334 g/mol. The van der Waals surface area contributed by atoms with Crippen molar-refractivity contribution in [3.05, 3.63) is 16.0 Å². The molecule has 1 N–H and O–H groups in total. The first-order valence-electron chi connectivity index (χ1n) is 6.96. The molecule has 0 saturated heterocycles. The third-order valence-corrected chi connectivity index (χ3v) is 5.58. The van der Waals surface area contributed by atoms with E-state index in [0.717, 1.165) is 24.8 Å². The number of tetrazole rings is 1. The van der Waals surface area contributed by atoms with Crippen molar-refractivity contribution in [3.63, 3.8) is 0 Å². The molecule has 0 spiro atoms. The second kappa shape index (κ2) is 6.46. The van der Waals surface area contributed by atoms with E-state index in [-0.39, 0.29) is 11.7 Å². The van der Waals surface area contributed by atoms with Crippen LogP contribution in [0.5, 0.6) is 0 Å². The van der Waals surface area contributed by atoms with E-state index in [9.17, 15) is 10.1 Å². The smallest absolute Gasteiger partial charge is 0.235 e. The van der Waals surface area contributed by atoms with Crippen molar-refractivity contribution in [2.45, 2.75) is 37.9 Å². The molecule has 0 radical (unpaired) electrons. The van der Waals surface area contributed by atoms with Crippen LogP contribution in [0.3, 0.4) is 0 Å². The summed E-state index contributed by atoms with van der Waals surface area (Å²) in [5.41, 5.74) is 1.75. The number of amides is 1. The molecule has 0 unspecified atom stereocenters. The van der Waals surface area contributed by atoms with Gasteiger partial charge in [0.15, 0.2) is 0 Å². The third kappa shape index (κ3) is 2.84. The van der Waals surface area contributed by atoms with E-state index in [1.165, 1.54) is 28.0 Å². The standard InChI is InChI=1S/C13H14N6OS2/c1-2-19-13(16-17-18-19)21-7-11(20)15-12-9(6-14)8-4-3-5-10(8)22-12/h2-5,7H2,1H3,(H,15,20). The third-order valence-electron chi connectivity index (χ3n) is 3.42. The molecule has 0 fully saturated rings. The van der Waals surface area contributed by atoms with Crippen molar-refractivity contribution < 1.29 is 4.79 Å². The molecule has 22 heavy (non-hydrogen) atoms. The van der Waals surface area contributed by atoms with Gasteiger partial charge in [0.25, 0.3) is 0 Å². The van der Waals surface area contributed by atoms with E-state index in [2.05, 4.69) is 26.9 Å². The molecule has 2 aromatic heterocycles. The van der Waals surface area contributed by atoms with E-state index in [1.807, 2.05) is 6.92 Å². The van der Waals surface area contributed by atoms with Crippen LogP contribution in [0.25, 0.3) is 0 Å². The quantitative estimate of drug-likeness (QED) is 0.838. The molecule has 2 aromatic rings. The SMILES string of the molecule is CCn1nnnc1SCC(=O)Nc1sc2c(c1C#N)CCC2. The summed E-state index contributed by atoms with van der Waals surface area (Å²) in [7, 11) is 0.